The van der Waals surface area contributed by atoms with Crippen molar-refractivity contribution >= 4 is 11.6 Å². The highest BCUT2D eigenvalue weighted by Crippen LogP contribution is 2.28. The minimum Gasteiger partial charge on any atom is -0.327 e. The Hall–Kier alpha value is -3.02. The third-order valence-corrected chi connectivity index (χ3v) is 5.07. The van der Waals surface area contributed by atoms with Crippen molar-refractivity contribution in [3.8, 4) is 11.4 Å². The van der Waals surface area contributed by atoms with Crippen LogP contribution in [0.4, 0.5) is 14.5 Å². The summed E-state index contributed by atoms with van der Waals surface area (Å²) in [6.45, 7) is 2.82. The summed E-state index contributed by atoms with van der Waals surface area (Å²) in [7, 11) is 0. The van der Waals surface area contributed by atoms with E-state index in [2.05, 4.69) is 14.9 Å². The number of hydrogen-bond donors (Lipinski definition) is 1. The average molecular weight is 381 g/mol. The van der Waals surface area contributed by atoms with E-state index in [0.717, 1.165) is 67.0 Å². The van der Waals surface area contributed by atoms with Crippen molar-refractivity contribution in [1.82, 2.24) is 9.55 Å². The molecule has 144 valence electrons. The van der Waals surface area contributed by atoms with Gasteiger partial charge >= 0.3 is 0 Å². The third kappa shape index (κ3) is 3.54. The van der Waals surface area contributed by atoms with E-state index in [4.69, 9.17) is 0 Å². The standard InChI is InChI=1S/C22H21F2N3O/c1-14-6-8-15(9-7-14)21-26-20(19-5-3-2-4-12-27(19)21)22(28)25-18-11-10-16(23)13-17(18)24/h6-11,13H,2-5,12H2,1H3,(H,25,28). The molecule has 1 aromatic heterocycles. The van der Waals surface area contributed by atoms with E-state index in [9.17, 15) is 13.6 Å². The van der Waals surface area contributed by atoms with Crippen LogP contribution in [0, 0.1) is 18.6 Å². The molecule has 0 saturated carbocycles. The lowest BCUT2D eigenvalue weighted by Crippen LogP contribution is -2.16. The summed E-state index contributed by atoms with van der Waals surface area (Å²) in [5, 5.41) is 2.54. The molecule has 1 amide bonds. The molecule has 1 aliphatic rings. The van der Waals surface area contributed by atoms with Crippen LogP contribution in [0.3, 0.4) is 0 Å². The number of carbonyl (C=O) groups is 1. The van der Waals surface area contributed by atoms with Crippen LogP contribution in [0.5, 0.6) is 0 Å². The van der Waals surface area contributed by atoms with Gasteiger partial charge in [0.25, 0.3) is 5.91 Å². The molecule has 0 fully saturated rings. The normalized spacial score (nSPS) is 13.7. The molecule has 4 rings (SSSR count). The molecule has 2 aromatic carbocycles. The molecular weight excluding hydrogens is 360 g/mol. The average Bonchev–Trinajstić information content (AvgIpc) is 2.86. The molecule has 6 heteroatoms. The first-order valence-corrected chi connectivity index (χ1v) is 9.46. The van der Waals surface area contributed by atoms with Crippen molar-refractivity contribution in [2.24, 2.45) is 0 Å². The van der Waals surface area contributed by atoms with E-state index >= 15 is 0 Å². The molecule has 0 radical (unpaired) electrons. The Morgan fingerprint density at radius 1 is 1.07 bits per heavy atom. The lowest BCUT2D eigenvalue weighted by molar-refractivity contribution is 0.102. The predicted octanol–water partition coefficient (Wildman–Crippen LogP) is 5.12. The lowest BCUT2D eigenvalue weighted by atomic mass is 10.1. The third-order valence-electron chi connectivity index (χ3n) is 5.07. The molecule has 1 N–H and O–H groups in total. The first-order valence-electron chi connectivity index (χ1n) is 9.46. The summed E-state index contributed by atoms with van der Waals surface area (Å²) in [4.78, 5) is 17.5. The molecule has 0 atom stereocenters. The van der Waals surface area contributed by atoms with Gasteiger partial charge in [-0.15, -0.1) is 0 Å². The number of aromatic nitrogens is 2. The van der Waals surface area contributed by atoms with E-state index in [1.807, 2.05) is 31.2 Å². The highest BCUT2D eigenvalue weighted by atomic mass is 19.1. The lowest BCUT2D eigenvalue weighted by Gasteiger charge is -2.09. The minimum absolute atomic E-state index is 0.0568. The van der Waals surface area contributed by atoms with Crippen molar-refractivity contribution in [1.29, 1.82) is 0 Å². The zero-order valence-corrected chi connectivity index (χ0v) is 15.6. The van der Waals surface area contributed by atoms with Gasteiger partial charge in [-0.05, 0) is 38.3 Å². The molecule has 2 heterocycles. The van der Waals surface area contributed by atoms with E-state index in [-0.39, 0.29) is 5.69 Å². The molecule has 0 aliphatic carbocycles. The quantitative estimate of drug-likeness (QED) is 0.685. The summed E-state index contributed by atoms with van der Waals surface area (Å²) in [5.41, 5.74) is 3.21. The second-order valence-electron chi connectivity index (χ2n) is 7.14. The smallest absolute Gasteiger partial charge is 0.276 e. The van der Waals surface area contributed by atoms with E-state index in [0.29, 0.717) is 5.69 Å². The Bertz CT molecular complexity index is 1030. The number of nitrogens with zero attached hydrogens (tertiary/aromatic N) is 2. The van der Waals surface area contributed by atoms with Crippen LogP contribution >= 0.6 is 0 Å². The molecule has 3 aromatic rings. The monoisotopic (exact) mass is 381 g/mol. The number of hydrogen-bond acceptors (Lipinski definition) is 2. The first kappa shape index (κ1) is 18.3. The largest absolute Gasteiger partial charge is 0.327 e. The number of imidazole rings is 1. The summed E-state index contributed by atoms with van der Waals surface area (Å²) in [6.07, 6.45) is 3.83. The number of fused-ring (bicyclic) bond motifs is 1. The van der Waals surface area contributed by atoms with Gasteiger partial charge in [0.05, 0.1) is 11.4 Å². The van der Waals surface area contributed by atoms with E-state index in [1.54, 1.807) is 0 Å². The Balaban J connectivity index is 1.74. The Morgan fingerprint density at radius 3 is 2.61 bits per heavy atom. The molecule has 28 heavy (non-hydrogen) atoms. The van der Waals surface area contributed by atoms with Gasteiger partial charge in [-0.25, -0.2) is 13.8 Å². The molecule has 0 unspecified atom stereocenters. The fourth-order valence-electron chi connectivity index (χ4n) is 3.60. The van der Waals surface area contributed by atoms with Gasteiger partial charge in [-0.1, -0.05) is 36.2 Å². The SMILES string of the molecule is Cc1ccc(-c2nc(C(=O)Nc3ccc(F)cc3F)c3n2CCCCC3)cc1. The van der Waals surface area contributed by atoms with E-state index < -0.39 is 17.5 Å². The van der Waals surface area contributed by atoms with Crippen LogP contribution in [0.2, 0.25) is 0 Å². The first-order chi connectivity index (χ1) is 13.5. The number of carbonyl (C=O) groups excluding carboxylic acids is 1. The zero-order chi connectivity index (χ0) is 19.7. The highest BCUT2D eigenvalue weighted by molar-refractivity contribution is 6.04. The summed E-state index contributed by atoms with van der Waals surface area (Å²) >= 11 is 0. The van der Waals surface area contributed by atoms with Gasteiger partial charge in [0.2, 0.25) is 0 Å². The topological polar surface area (TPSA) is 46.9 Å². The number of aryl methyl sites for hydroxylation is 1. The van der Waals surface area contributed by atoms with Crippen molar-refractivity contribution in [3.63, 3.8) is 0 Å². The summed E-state index contributed by atoms with van der Waals surface area (Å²) in [5.74, 6) is -1.22. The van der Waals surface area contributed by atoms with Gasteiger partial charge in [-0.3, -0.25) is 4.79 Å². The molecule has 0 bridgehead atoms. The van der Waals surface area contributed by atoms with E-state index in [1.165, 1.54) is 6.07 Å². The maximum atomic E-state index is 14.0. The summed E-state index contributed by atoms with van der Waals surface area (Å²) in [6, 6.07) is 11.1. The van der Waals surface area contributed by atoms with Crippen LogP contribution in [-0.2, 0) is 13.0 Å². The number of amides is 1. The number of nitrogens with one attached hydrogen (secondary N) is 1. The molecule has 0 spiro atoms. The molecule has 0 saturated heterocycles. The van der Waals surface area contributed by atoms with Gasteiger partial charge in [0, 0.05) is 18.2 Å². The van der Waals surface area contributed by atoms with Gasteiger partial charge in [0.15, 0.2) is 0 Å². The Morgan fingerprint density at radius 2 is 1.86 bits per heavy atom. The number of anilines is 1. The predicted molar refractivity (Wildman–Crippen MR) is 104 cm³/mol. The van der Waals surface area contributed by atoms with Crippen LogP contribution in [0.25, 0.3) is 11.4 Å². The second kappa shape index (κ2) is 7.54. The van der Waals surface area contributed by atoms with Crippen LogP contribution in [-0.4, -0.2) is 15.5 Å². The Kier molecular flexibility index (Phi) is 4.94. The van der Waals surface area contributed by atoms with Gasteiger partial charge < -0.3 is 9.88 Å². The fraction of sp³-hybridized carbons (Fsp3) is 0.273. The van der Waals surface area contributed by atoms with Gasteiger partial charge in [-0.2, -0.15) is 0 Å². The number of benzene rings is 2. The van der Waals surface area contributed by atoms with Crippen molar-refractivity contribution in [2.75, 3.05) is 5.32 Å². The highest BCUT2D eigenvalue weighted by Gasteiger charge is 2.25. The zero-order valence-electron chi connectivity index (χ0n) is 15.6. The maximum absolute atomic E-state index is 14.0. The van der Waals surface area contributed by atoms with Crippen molar-refractivity contribution in [2.45, 2.75) is 39.2 Å². The number of rotatable bonds is 3. The number of halogens is 2. The second-order valence-corrected chi connectivity index (χ2v) is 7.14. The molecule has 1 aliphatic heterocycles. The maximum Gasteiger partial charge on any atom is 0.276 e. The summed E-state index contributed by atoms with van der Waals surface area (Å²) < 4.78 is 29.2. The Labute approximate surface area is 162 Å². The molecular formula is C22H21F2N3O. The van der Waals surface area contributed by atoms with Crippen LogP contribution in [0.1, 0.15) is 41.0 Å². The van der Waals surface area contributed by atoms with Gasteiger partial charge in [0.1, 0.15) is 23.2 Å². The minimum atomic E-state index is -0.808. The van der Waals surface area contributed by atoms with Crippen molar-refractivity contribution in [3.05, 3.63) is 71.1 Å². The fourth-order valence-corrected chi connectivity index (χ4v) is 3.60. The molecule has 4 nitrogen and oxygen atoms in total. The van der Waals surface area contributed by atoms with Crippen LogP contribution < -0.4 is 5.32 Å². The van der Waals surface area contributed by atoms with Crippen LogP contribution in [0.15, 0.2) is 42.5 Å². The van der Waals surface area contributed by atoms with Crippen molar-refractivity contribution < 1.29 is 13.6 Å².